The monoisotopic (exact) mass is 357 g/mol. The number of anilines is 2. The van der Waals surface area contributed by atoms with E-state index in [9.17, 15) is 4.79 Å². The highest BCUT2D eigenvalue weighted by Gasteiger charge is 2.22. The molecule has 1 fully saturated rings. The number of urea groups is 1. The number of hydrogen-bond acceptors (Lipinski definition) is 2. The third-order valence-corrected chi connectivity index (χ3v) is 5.21. The third-order valence-electron chi connectivity index (χ3n) is 4.80. The quantitative estimate of drug-likeness (QED) is 0.851. The molecule has 2 aromatic carbocycles. The van der Waals surface area contributed by atoms with E-state index in [1.165, 1.54) is 0 Å². The van der Waals surface area contributed by atoms with Crippen LogP contribution in [0.2, 0.25) is 5.02 Å². The molecule has 1 aliphatic heterocycles. The van der Waals surface area contributed by atoms with Crippen molar-refractivity contribution < 1.29 is 4.79 Å². The second-order valence-electron chi connectivity index (χ2n) is 6.60. The number of hydrogen-bond donors (Lipinski definition) is 1. The van der Waals surface area contributed by atoms with Gasteiger partial charge in [0.2, 0.25) is 0 Å². The molecule has 25 heavy (non-hydrogen) atoms. The molecular formula is C20H24ClN3O. The van der Waals surface area contributed by atoms with Crippen LogP contribution < -0.4 is 10.2 Å². The van der Waals surface area contributed by atoms with Gasteiger partial charge in [-0.3, -0.25) is 0 Å². The van der Waals surface area contributed by atoms with Crippen LogP contribution in [0.4, 0.5) is 16.2 Å². The molecule has 132 valence electrons. The summed E-state index contributed by atoms with van der Waals surface area (Å²) in [7, 11) is 0. The number of amides is 2. The van der Waals surface area contributed by atoms with Gasteiger partial charge in [0.25, 0.3) is 0 Å². The number of carbonyl (C=O) groups is 1. The topological polar surface area (TPSA) is 35.6 Å². The summed E-state index contributed by atoms with van der Waals surface area (Å²) in [5.41, 5.74) is 5.28. The number of nitrogens with one attached hydrogen (secondary N) is 1. The minimum atomic E-state index is -0.0287. The van der Waals surface area contributed by atoms with Crippen LogP contribution in [-0.2, 0) is 0 Å². The fourth-order valence-electron chi connectivity index (χ4n) is 3.14. The number of aryl methyl sites for hydroxylation is 3. The molecule has 0 radical (unpaired) electrons. The second kappa shape index (κ2) is 7.36. The van der Waals surface area contributed by atoms with Gasteiger partial charge in [0.15, 0.2) is 0 Å². The van der Waals surface area contributed by atoms with Crippen molar-refractivity contribution in [2.45, 2.75) is 20.8 Å². The fraction of sp³-hybridized carbons (Fsp3) is 0.350. The third kappa shape index (κ3) is 3.90. The maximum Gasteiger partial charge on any atom is 0.321 e. The molecule has 0 spiro atoms. The van der Waals surface area contributed by atoms with Crippen LogP contribution in [-0.4, -0.2) is 37.1 Å². The Hall–Kier alpha value is -2.20. The number of benzene rings is 2. The molecule has 0 unspecified atom stereocenters. The van der Waals surface area contributed by atoms with Crippen LogP contribution in [0, 0.1) is 20.8 Å². The molecule has 4 nitrogen and oxygen atoms in total. The smallest absolute Gasteiger partial charge is 0.321 e. The Bertz CT molecular complexity index is 762. The Morgan fingerprint density at radius 2 is 1.60 bits per heavy atom. The molecule has 1 N–H and O–H groups in total. The Morgan fingerprint density at radius 3 is 2.20 bits per heavy atom. The minimum absolute atomic E-state index is 0.0287. The van der Waals surface area contributed by atoms with E-state index in [1.54, 1.807) is 0 Å². The molecule has 5 heteroatoms. The van der Waals surface area contributed by atoms with Gasteiger partial charge in [0, 0.05) is 42.6 Å². The van der Waals surface area contributed by atoms with Crippen molar-refractivity contribution in [3.63, 3.8) is 0 Å². The van der Waals surface area contributed by atoms with E-state index in [4.69, 9.17) is 11.6 Å². The minimum Gasteiger partial charge on any atom is -0.368 e. The highest BCUT2D eigenvalue weighted by Crippen LogP contribution is 2.24. The zero-order chi connectivity index (χ0) is 18.0. The number of carbonyl (C=O) groups excluding carboxylic acids is 1. The summed E-state index contributed by atoms with van der Waals surface area (Å²) >= 11 is 6.23. The van der Waals surface area contributed by atoms with E-state index < -0.39 is 0 Å². The summed E-state index contributed by atoms with van der Waals surface area (Å²) in [6.07, 6.45) is 0. The van der Waals surface area contributed by atoms with Gasteiger partial charge < -0.3 is 15.1 Å². The summed E-state index contributed by atoms with van der Waals surface area (Å²) < 4.78 is 0. The van der Waals surface area contributed by atoms with Crippen LogP contribution >= 0.6 is 11.6 Å². The first-order valence-corrected chi connectivity index (χ1v) is 8.97. The van der Waals surface area contributed by atoms with Gasteiger partial charge in [-0.2, -0.15) is 0 Å². The molecule has 0 saturated carbocycles. The van der Waals surface area contributed by atoms with Crippen molar-refractivity contribution in [3.05, 3.63) is 58.1 Å². The van der Waals surface area contributed by atoms with Crippen molar-refractivity contribution in [2.24, 2.45) is 0 Å². The lowest BCUT2D eigenvalue weighted by Gasteiger charge is -2.36. The predicted molar refractivity (Wildman–Crippen MR) is 105 cm³/mol. The number of para-hydroxylation sites is 1. The lowest BCUT2D eigenvalue weighted by molar-refractivity contribution is 0.208. The SMILES string of the molecule is Cc1ccc(N2CCN(C(=O)Nc3c(C)cccc3C)CC2)cc1Cl. The summed E-state index contributed by atoms with van der Waals surface area (Å²) in [4.78, 5) is 16.7. The Morgan fingerprint density at radius 1 is 0.960 bits per heavy atom. The predicted octanol–water partition coefficient (Wildman–Crippen LogP) is 4.62. The van der Waals surface area contributed by atoms with Crippen LogP contribution in [0.25, 0.3) is 0 Å². The Kier molecular flexibility index (Phi) is 5.19. The molecule has 0 aromatic heterocycles. The van der Waals surface area contributed by atoms with Gasteiger partial charge in [-0.25, -0.2) is 4.79 Å². The molecular weight excluding hydrogens is 334 g/mol. The summed E-state index contributed by atoms with van der Waals surface area (Å²) in [5, 5.41) is 3.85. The van der Waals surface area contributed by atoms with Crippen molar-refractivity contribution >= 4 is 29.0 Å². The standard InChI is InChI=1S/C20H24ClN3O/c1-14-7-8-17(13-18(14)21)23-9-11-24(12-10-23)20(25)22-19-15(2)5-4-6-16(19)3/h4-8,13H,9-12H2,1-3H3,(H,22,25). The molecule has 0 aliphatic carbocycles. The molecule has 2 aromatic rings. The van der Waals surface area contributed by atoms with E-state index in [2.05, 4.69) is 16.3 Å². The highest BCUT2D eigenvalue weighted by atomic mass is 35.5. The second-order valence-corrected chi connectivity index (χ2v) is 7.01. The maximum absolute atomic E-state index is 12.6. The number of nitrogens with zero attached hydrogens (tertiary/aromatic N) is 2. The lowest BCUT2D eigenvalue weighted by atomic mass is 10.1. The van der Waals surface area contributed by atoms with E-state index in [0.29, 0.717) is 13.1 Å². The average molecular weight is 358 g/mol. The molecule has 1 saturated heterocycles. The molecule has 1 aliphatic rings. The van der Waals surface area contributed by atoms with Crippen LogP contribution in [0.3, 0.4) is 0 Å². The van der Waals surface area contributed by atoms with Crippen molar-refractivity contribution in [1.82, 2.24) is 4.90 Å². The van der Waals surface area contributed by atoms with Gasteiger partial charge in [-0.15, -0.1) is 0 Å². The van der Waals surface area contributed by atoms with Crippen molar-refractivity contribution in [2.75, 3.05) is 36.4 Å². The van der Waals surface area contributed by atoms with E-state index in [1.807, 2.05) is 56.0 Å². The summed E-state index contributed by atoms with van der Waals surface area (Å²) in [6.45, 7) is 9.04. The molecule has 0 atom stereocenters. The van der Waals surface area contributed by atoms with Gasteiger partial charge in [-0.05, 0) is 49.6 Å². The van der Waals surface area contributed by atoms with Gasteiger partial charge >= 0.3 is 6.03 Å². The average Bonchev–Trinajstić information content (AvgIpc) is 2.61. The number of piperazine rings is 1. The zero-order valence-corrected chi connectivity index (χ0v) is 15.7. The van der Waals surface area contributed by atoms with Gasteiger partial charge in [-0.1, -0.05) is 35.9 Å². The van der Waals surface area contributed by atoms with Crippen LogP contribution in [0.1, 0.15) is 16.7 Å². The molecule has 3 rings (SSSR count). The van der Waals surface area contributed by atoms with Gasteiger partial charge in [0.05, 0.1) is 0 Å². The largest absolute Gasteiger partial charge is 0.368 e. The Balaban J connectivity index is 1.62. The highest BCUT2D eigenvalue weighted by molar-refractivity contribution is 6.31. The van der Waals surface area contributed by atoms with Crippen molar-refractivity contribution in [1.29, 1.82) is 0 Å². The Labute approximate surface area is 154 Å². The summed E-state index contributed by atoms with van der Waals surface area (Å²) in [5.74, 6) is 0. The first-order chi connectivity index (χ1) is 12.0. The number of halogens is 1. The van der Waals surface area contributed by atoms with Crippen LogP contribution in [0.5, 0.6) is 0 Å². The molecule has 2 amide bonds. The van der Waals surface area contributed by atoms with E-state index in [0.717, 1.165) is 46.2 Å². The maximum atomic E-state index is 12.6. The molecule has 1 heterocycles. The normalized spacial score (nSPS) is 14.6. The summed E-state index contributed by atoms with van der Waals surface area (Å²) in [6, 6.07) is 12.1. The fourth-order valence-corrected chi connectivity index (χ4v) is 3.32. The van der Waals surface area contributed by atoms with Crippen LogP contribution in [0.15, 0.2) is 36.4 Å². The first kappa shape index (κ1) is 17.6. The van der Waals surface area contributed by atoms with Gasteiger partial charge in [0.1, 0.15) is 0 Å². The number of rotatable bonds is 2. The van der Waals surface area contributed by atoms with E-state index in [-0.39, 0.29) is 6.03 Å². The molecule has 0 bridgehead atoms. The lowest BCUT2D eigenvalue weighted by Crippen LogP contribution is -2.50. The first-order valence-electron chi connectivity index (χ1n) is 8.59. The van der Waals surface area contributed by atoms with E-state index >= 15 is 0 Å². The van der Waals surface area contributed by atoms with Crippen molar-refractivity contribution in [3.8, 4) is 0 Å². The zero-order valence-electron chi connectivity index (χ0n) is 15.0.